The molecule has 1 aromatic carbocycles. The molecule has 2 aliphatic rings. The van der Waals surface area contributed by atoms with Gasteiger partial charge < -0.3 is 15.4 Å². The minimum atomic E-state index is -0.0233. The van der Waals surface area contributed by atoms with E-state index in [1.165, 1.54) is 0 Å². The number of rotatable bonds is 2. The van der Waals surface area contributed by atoms with E-state index in [4.69, 9.17) is 10.5 Å². The number of carbonyl (C=O) groups excluding carboxylic acids is 1. The molecule has 6 heteroatoms. The molecule has 0 saturated carbocycles. The van der Waals surface area contributed by atoms with Gasteiger partial charge in [-0.05, 0) is 19.3 Å². The molecule has 25 heavy (non-hydrogen) atoms. The summed E-state index contributed by atoms with van der Waals surface area (Å²) in [5.74, 6) is 0.152. The number of hydrogen-bond acceptors (Lipinski definition) is 5. The molecule has 1 amide bonds. The molecule has 2 aromatic rings. The van der Waals surface area contributed by atoms with E-state index in [-0.39, 0.29) is 17.3 Å². The minimum Gasteiger partial charge on any atom is -0.381 e. The largest absolute Gasteiger partial charge is 0.381 e. The van der Waals surface area contributed by atoms with Gasteiger partial charge in [0.05, 0.1) is 17.9 Å². The van der Waals surface area contributed by atoms with E-state index in [0.717, 1.165) is 51.1 Å². The Kier molecular flexibility index (Phi) is 4.13. The first-order valence-electron chi connectivity index (χ1n) is 8.72. The number of amides is 1. The smallest absolute Gasteiger partial charge is 0.257 e. The Balaban J connectivity index is 1.66. The van der Waals surface area contributed by atoms with E-state index in [2.05, 4.69) is 9.97 Å². The van der Waals surface area contributed by atoms with E-state index >= 15 is 0 Å². The van der Waals surface area contributed by atoms with Crippen LogP contribution < -0.4 is 5.73 Å². The third kappa shape index (κ3) is 3.09. The number of nitrogen functional groups attached to an aromatic ring is 1. The Morgan fingerprint density at radius 3 is 2.84 bits per heavy atom. The molecule has 2 N–H and O–H groups in total. The molecule has 1 aromatic heterocycles. The van der Waals surface area contributed by atoms with Crippen LogP contribution in [0.5, 0.6) is 0 Å². The predicted molar refractivity (Wildman–Crippen MR) is 94.9 cm³/mol. The Hall–Kier alpha value is -2.47. The number of aromatic nitrogens is 2. The second-order valence-electron chi connectivity index (χ2n) is 6.99. The molecule has 2 saturated heterocycles. The van der Waals surface area contributed by atoms with Gasteiger partial charge in [-0.15, -0.1) is 0 Å². The molecule has 2 fully saturated rings. The highest BCUT2D eigenvalue weighted by molar-refractivity contribution is 5.99. The van der Waals surface area contributed by atoms with Crippen LogP contribution in [0.3, 0.4) is 0 Å². The van der Waals surface area contributed by atoms with Gasteiger partial charge in [0.1, 0.15) is 0 Å². The van der Waals surface area contributed by atoms with Gasteiger partial charge in [-0.25, -0.2) is 9.97 Å². The van der Waals surface area contributed by atoms with Gasteiger partial charge in [-0.1, -0.05) is 30.3 Å². The first kappa shape index (κ1) is 16.0. The summed E-state index contributed by atoms with van der Waals surface area (Å²) in [5, 5.41) is 0. The number of anilines is 1. The van der Waals surface area contributed by atoms with Crippen LogP contribution in [-0.4, -0.2) is 47.1 Å². The number of benzene rings is 1. The third-order valence-electron chi connectivity index (χ3n) is 5.22. The first-order chi connectivity index (χ1) is 12.2. The normalized spacial score (nSPS) is 23.1. The highest BCUT2D eigenvalue weighted by atomic mass is 16.5. The van der Waals surface area contributed by atoms with Crippen LogP contribution in [0.1, 0.15) is 29.6 Å². The number of piperidine rings is 1. The summed E-state index contributed by atoms with van der Waals surface area (Å²) in [7, 11) is 0. The Morgan fingerprint density at radius 1 is 1.24 bits per heavy atom. The summed E-state index contributed by atoms with van der Waals surface area (Å²) in [6, 6.07) is 9.65. The number of likely N-dealkylation sites (tertiary alicyclic amines) is 1. The quantitative estimate of drug-likeness (QED) is 0.909. The monoisotopic (exact) mass is 338 g/mol. The lowest BCUT2D eigenvalue weighted by molar-refractivity contribution is 0.0462. The molecular weight excluding hydrogens is 316 g/mol. The van der Waals surface area contributed by atoms with Crippen molar-refractivity contribution < 1.29 is 9.53 Å². The number of nitrogens with two attached hydrogens (primary N) is 1. The van der Waals surface area contributed by atoms with Crippen LogP contribution in [0.15, 0.2) is 36.5 Å². The molecule has 2 aliphatic heterocycles. The van der Waals surface area contributed by atoms with Crippen LogP contribution in [0.25, 0.3) is 11.3 Å². The van der Waals surface area contributed by atoms with Crippen LogP contribution in [-0.2, 0) is 4.74 Å². The number of ether oxygens (including phenoxy) is 1. The topological polar surface area (TPSA) is 81.3 Å². The Bertz CT molecular complexity index is 772. The summed E-state index contributed by atoms with van der Waals surface area (Å²) in [5.41, 5.74) is 7.87. The molecule has 0 bridgehead atoms. The summed E-state index contributed by atoms with van der Waals surface area (Å²) in [6.45, 7) is 3.05. The van der Waals surface area contributed by atoms with Gasteiger partial charge in [0.15, 0.2) is 0 Å². The Labute approximate surface area is 147 Å². The van der Waals surface area contributed by atoms with Crippen LogP contribution in [0.4, 0.5) is 5.95 Å². The van der Waals surface area contributed by atoms with Gasteiger partial charge in [-0.2, -0.15) is 0 Å². The van der Waals surface area contributed by atoms with Crippen molar-refractivity contribution in [3.8, 4) is 11.3 Å². The van der Waals surface area contributed by atoms with Crippen molar-refractivity contribution in [2.75, 3.05) is 32.0 Å². The highest BCUT2D eigenvalue weighted by Gasteiger charge is 2.40. The van der Waals surface area contributed by atoms with Crippen molar-refractivity contribution in [2.45, 2.75) is 19.3 Å². The van der Waals surface area contributed by atoms with Crippen molar-refractivity contribution in [1.82, 2.24) is 14.9 Å². The number of hydrogen-bond donors (Lipinski definition) is 1. The average Bonchev–Trinajstić information content (AvgIpc) is 3.09. The lowest BCUT2D eigenvalue weighted by atomic mass is 9.79. The van der Waals surface area contributed by atoms with Crippen LogP contribution in [0.2, 0.25) is 0 Å². The molecule has 3 heterocycles. The zero-order chi connectivity index (χ0) is 17.3. The molecule has 4 rings (SSSR count). The predicted octanol–water partition coefficient (Wildman–Crippen LogP) is 2.37. The lowest BCUT2D eigenvalue weighted by Gasteiger charge is -2.39. The maximum Gasteiger partial charge on any atom is 0.257 e. The maximum atomic E-state index is 13.2. The standard InChI is InChI=1S/C19H22N4O2/c20-18-21-11-15(16(22-18)14-5-2-1-3-6-14)17(24)23-9-4-7-19(12-23)8-10-25-13-19/h1-3,5-6,11H,4,7-10,12-13H2,(H2,20,21,22)/t19-/m1/s1. The minimum absolute atomic E-state index is 0.0233. The van der Waals surface area contributed by atoms with Crippen molar-refractivity contribution in [2.24, 2.45) is 5.41 Å². The highest BCUT2D eigenvalue weighted by Crippen LogP contribution is 2.38. The Morgan fingerprint density at radius 2 is 2.08 bits per heavy atom. The molecule has 130 valence electrons. The van der Waals surface area contributed by atoms with Crippen molar-refractivity contribution >= 4 is 11.9 Å². The van der Waals surface area contributed by atoms with Gasteiger partial charge in [0, 0.05) is 36.9 Å². The fourth-order valence-corrected chi connectivity index (χ4v) is 3.89. The third-order valence-corrected chi connectivity index (χ3v) is 5.22. The van der Waals surface area contributed by atoms with Crippen LogP contribution >= 0.6 is 0 Å². The van der Waals surface area contributed by atoms with Gasteiger partial charge in [-0.3, -0.25) is 4.79 Å². The number of carbonyl (C=O) groups is 1. The summed E-state index contributed by atoms with van der Waals surface area (Å²) < 4.78 is 5.60. The average molecular weight is 338 g/mol. The van der Waals surface area contributed by atoms with E-state index < -0.39 is 0 Å². The fraction of sp³-hybridized carbons (Fsp3) is 0.421. The second-order valence-corrected chi connectivity index (χ2v) is 6.99. The first-order valence-corrected chi connectivity index (χ1v) is 8.72. The zero-order valence-electron chi connectivity index (χ0n) is 14.1. The van der Waals surface area contributed by atoms with Crippen molar-refractivity contribution in [1.29, 1.82) is 0 Å². The molecule has 1 spiro atoms. The zero-order valence-corrected chi connectivity index (χ0v) is 14.1. The summed E-state index contributed by atoms with van der Waals surface area (Å²) in [6.07, 6.45) is 4.71. The van der Waals surface area contributed by atoms with Crippen molar-refractivity contribution in [3.63, 3.8) is 0 Å². The van der Waals surface area contributed by atoms with Gasteiger partial charge >= 0.3 is 0 Å². The number of nitrogens with zero attached hydrogens (tertiary/aromatic N) is 3. The summed E-state index contributed by atoms with van der Waals surface area (Å²) in [4.78, 5) is 23.5. The fourth-order valence-electron chi connectivity index (χ4n) is 3.89. The maximum absolute atomic E-state index is 13.2. The van der Waals surface area contributed by atoms with E-state index in [0.29, 0.717) is 11.3 Å². The molecule has 0 aliphatic carbocycles. The van der Waals surface area contributed by atoms with Crippen LogP contribution in [0, 0.1) is 5.41 Å². The molecule has 0 radical (unpaired) electrons. The molecular formula is C19H22N4O2. The molecule has 0 unspecified atom stereocenters. The van der Waals surface area contributed by atoms with E-state index in [1.54, 1.807) is 6.20 Å². The second kappa shape index (κ2) is 6.44. The van der Waals surface area contributed by atoms with E-state index in [9.17, 15) is 4.79 Å². The molecule has 1 atom stereocenters. The summed E-state index contributed by atoms with van der Waals surface area (Å²) >= 11 is 0. The van der Waals surface area contributed by atoms with E-state index in [1.807, 2.05) is 35.2 Å². The van der Waals surface area contributed by atoms with Gasteiger partial charge in [0.2, 0.25) is 5.95 Å². The van der Waals surface area contributed by atoms with Gasteiger partial charge in [0.25, 0.3) is 5.91 Å². The van der Waals surface area contributed by atoms with Crippen molar-refractivity contribution in [3.05, 3.63) is 42.1 Å². The lowest BCUT2D eigenvalue weighted by Crippen LogP contribution is -2.46. The molecule has 6 nitrogen and oxygen atoms in total. The SMILES string of the molecule is Nc1ncc(C(=O)N2CCC[C@@]3(CCOC3)C2)c(-c2ccccc2)n1.